The fourth-order valence-corrected chi connectivity index (χ4v) is 3.85. The van der Waals surface area contributed by atoms with E-state index in [0.717, 1.165) is 68.6 Å². The molecule has 2 aliphatic rings. The van der Waals surface area contributed by atoms with Gasteiger partial charge >= 0.3 is 0 Å². The summed E-state index contributed by atoms with van der Waals surface area (Å²) in [5, 5.41) is 0. The van der Waals surface area contributed by atoms with E-state index >= 15 is 0 Å². The molecular weight excluding hydrogens is 326 g/mol. The largest absolute Gasteiger partial charge is 0.356 e. The number of hydrogen-bond donors (Lipinski definition) is 0. The van der Waals surface area contributed by atoms with Gasteiger partial charge in [-0.2, -0.15) is 0 Å². The predicted octanol–water partition coefficient (Wildman–Crippen LogP) is 2.14. The Labute approximate surface area is 155 Å². The second-order valence-electron chi connectivity index (χ2n) is 7.35. The zero-order chi connectivity index (χ0) is 17.9. The first-order valence-corrected chi connectivity index (χ1v) is 9.56. The topological polar surface area (TPSA) is 61.3 Å². The third-order valence-corrected chi connectivity index (χ3v) is 5.23. The molecule has 0 spiro atoms. The lowest BCUT2D eigenvalue weighted by molar-refractivity contribution is 0.444. The lowest BCUT2D eigenvalue weighted by Gasteiger charge is -2.36. The Morgan fingerprint density at radius 1 is 0.885 bits per heavy atom. The summed E-state index contributed by atoms with van der Waals surface area (Å²) in [5.74, 6) is 4.52. The number of piperidine rings is 1. The van der Waals surface area contributed by atoms with E-state index in [1.165, 1.54) is 12.8 Å². The van der Waals surface area contributed by atoms with Crippen molar-refractivity contribution < 1.29 is 0 Å². The van der Waals surface area contributed by atoms with Crippen LogP contribution < -0.4 is 14.7 Å². The van der Waals surface area contributed by atoms with Crippen molar-refractivity contribution >= 4 is 17.6 Å². The van der Waals surface area contributed by atoms with Crippen LogP contribution in [0.2, 0.25) is 0 Å². The molecule has 2 saturated heterocycles. The molecule has 2 aromatic heterocycles. The van der Waals surface area contributed by atoms with E-state index in [4.69, 9.17) is 9.97 Å². The zero-order valence-electron chi connectivity index (χ0n) is 15.7. The summed E-state index contributed by atoms with van der Waals surface area (Å²) < 4.78 is 0. The Morgan fingerprint density at radius 2 is 1.54 bits per heavy atom. The van der Waals surface area contributed by atoms with Crippen molar-refractivity contribution in [3.63, 3.8) is 0 Å². The number of aromatic nitrogens is 4. The SMILES string of the molecule is Cc1nc(N2CCN(c3ncccn3)CC2)cc(N2CCCC(C)C2)n1. The fourth-order valence-electron chi connectivity index (χ4n) is 3.85. The van der Waals surface area contributed by atoms with Gasteiger partial charge in [-0.25, -0.2) is 19.9 Å². The van der Waals surface area contributed by atoms with Gasteiger partial charge in [-0.1, -0.05) is 6.92 Å². The third-order valence-electron chi connectivity index (χ3n) is 5.23. The molecule has 0 aromatic carbocycles. The van der Waals surface area contributed by atoms with Crippen LogP contribution in [0.3, 0.4) is 0 Å². The molecule has 4 rings (SSSR count). The van der Waals surface area contributed by atoms with Crippen LogP contribution in [0.15, 0.2) is 24.5 Å². The molecule has 7 nitrogen and oxygen atoms in total. The number of hydrogen-bond acceptors (Lipinski definition) is 7. The molecule has 0 radical (unpaired) electrons. The molecule has 0 bridgehead atoms. The molecular formula is C19H27N7. The third kappa shape index (κ3) is 3.71. The minimum atomic E-state index is 0.733. The number of nitrogens with zero attached hydrogens (tertiary/aromatic N) is 7. The van der Waals surface area contributed by atoms with Gasteiger partial charge in [-0.3, -0.25) is 0 Å². The second-order valence-corrected chi connectivity index (χ2v) is 7.35. The normalized spacial score (nSPS) is 21.2. The minimum Gasteiger partial charge on any atom is -0.356 e. The quantitative estimate of drug-likeness (QED) is 0.838. The van der Waals surface area contributed by atoms with Crippen LogP contribution in [-0.4, -0.2) is 59.2 Å². The number of rotatable bonds is 3. The molecule has 0 aliphatic carbocycles. The maximum atomic E-state index is 4.71. The first kappa shape index (κ1) is 17.0. The van der Waals surface area contributed by atoms with E-state index in [2.05, 4.69) is 37.7 Å². The van der Waals surface area contributed by atoms with Gasteiger partial charge in [0.2, 0.25) is 5.95 Å². The van der Waals surface area contributed by atoms with Crippen LogP contribution in [0.25, 0.3) is 0 Å². The van der Waals surface area contributed by atoms with Crippen LogP contribution >= 0.6 is 0 Å². The average molecular weight is 353 g/mol. The highest BCUT2D eigenvalue weighted by atomic mass is 15.3. The predicted molar refractivity (Wildman–Crippen MR) is 104 cm³/mol. The lowest BCUT2D eigenvalue weighted by Crippen LogP contribution is -2.47. The Bertz CT molecular complexity index is 728. The summed E-state index contributed by atoms with van der Waals surface area (Å²) in [5.41, 5.74) is 0. The molecule has 1 unspecified atom stereocenters. The van der Waals surface area contributed by atoms with Crippen molar-refractivity contribution in [1.82, 2.24) is 19.9 Å². The zero-order valence-corrected chi connectivity index (χ0v) is 15.7. The molecule has 0 amide bonds. The Kier molecular flexibility index (Phi) is 4.86. The van der Waals surface area contributed by atoms with E-state index in [0.29, 0.717) is 0 Å². The highest BCUT2D eigenvalue weighted by Crippen LogP contribution is 2.25. The molecule has 4 heterocycles. The maximum Gasteiger partial charge on any atom is 0.225 e. The molecule has 1 atom stereocenters. The van der Waals surface area contributed by atoms with E-state index in [1.807, 2.05) is 13.0 Å². The molecule has 7 heteroatoms. The Hall–Kier alpha value is -2.44. The van der Waals surface area contributed by atoms with Gasteiger partial charge in [0.1, 0.15) is 17.5 Å². The summed E-state index contributed by atoms with van der Waals surface area (Å²) in [7, 11) is 0. The number of anilines is 3. The van der Waals surface area contributed by atoms with Gasteiger partial charge in [-0.05, 0) is 31.7 Å². The van der Waals surface area contributed by atoms with Gasteiger partial charge in [0.15, 0.2) is 0 Å². The molecule has 2 aliphatic heterocycles. The molecule has 26 heavy (non-hydrogen) atoms. The van der Waals surface area contributed by atoms with Crippen molar-refractivity contribution in [2.45, 2.75) is 26.7 Å². The molecule has 0 saturated carbocycles. The van der Waals surface area contributed by atoms with E-state index in [1.54, 1.807) is 12.4 Å². The van der Waals surface area contributed by atoms with Crippen LogP contribution in [0.1, 0.15) is 25.6 Å². The van der Waals surface area contributed by atoms with Gasteiger partial charge in [-0.15, -0.1) is 0 Å². The lowest BCUT2D eigenvalue weighted by atomic mass is 10.0. The van der Waals surface area contributed by atoms with Crippen molar-refractivity contribution in [3.8, 4) is 0 Å². The molecule has 0 N–H and O–H groups in total. The summed E-state index contributed by atoms with van der Waals surface area (Å²) in [6.07, 6.45) is 6.16. The van der Waals surface area contributed by atoms with Gasteiger partial charge in [0.05, 0.1) is 0 Å². The monoisotopic (exact) mass is 353 g/mol. The first-order valence-electron chi connectivity index (χ1n) is 9.56. The fraction of sp³-hybridized carbons (Fsp3) is 0.579. The molecule has 138 valence electrons. The number of aryl methyl sites for hydroxylation is 1. The Morgan fingerprint density at radius 3 is 2.23 bits per heavy atom. The first-order chi connectivity index (χ1) is 12.7. The standard InChI is InChI=1S/C19H27N7/c1-15-5-3-8-26(14-15)18-13-17(22-16(2)23-18)24-9-11-25(12-10-24)19-20-6-4-7-21-19/h4,6-7,13,15H,3,5,8-12,14H2,1-2H3. The van der Waals surface area contributed by atoms with E-state index in [-0.39, 0.29) is 0 Å². The van der Waals surface area contributed by atoms with Crippen LogP contribution in [-0.2, 0) is 0 Å². The Balaban J connectivity index is 1.46. The second kappa shape index (κ2) is 7.43. The van der Waals surface area contributed by atoms with Crippen LogP contribution in [0, 0.1) is 12.8 Å². The maximum absolute atomic E-state index is 4.71. The molecule has 2 fully saturated rings. The van der Waals surface area contributed by atoms with Crippen LogP contribution in [0.5, 0.6) is 0 Å². The van der Waals surface area contributed by atoms with Crippen LogP contribution in [0.4, 0.5) is 17.6 Å². The highest BCUT2D eigenvalue weighted by molar-refractivity contribution is 5.52. The van der Waals surface area contributed by atoms with E-state index in [9.17, 15) is 0 Å². The summed E-state index contributed by atoms with van der Waals surface area (Å²) in [4.78, 5) is 25.1. The van der Waals surface area contributed by atoms with Gasteiger partial charge in [0, 0.05) is 57.7 Å². The summed E-state index contributed by atoms with van der Waals surface area (Å²) >= 11 is 0. The average Bonchev–Trinajstić information content (AvgIpc) is 2.68. The highest BCUT2D eigenvalue weighted by Gasteiger charge is 2.23. The van der Waals surface area contributed by atoms with E-state index < -0.39 is 0 Å². The summed E-state index contributed by atoms with van der Waals surface area (Å²) in [6.45, 7) is 10.2. The minimum absolute atomic E-state index is 0.733. The van der Waals surface area contributed by atoms with Crippen molar-refractivity contribution in [2.24, 2.45) is 5.92 Å². The number of piperazine rings is 1. The molecule has 2 aromatic rings. The smallest absolute Gasteiger partial charge is 0.225 e. The van der Waals surface area contributed by atoms with Crippen molar-refractivity contribution in [2.75, 3.05) is 54.0 Å². The van der Waals surface area contributed by atoms with Gasteiger partial charge in [0.25, 0.3) is 0 Å². The van der Waals surface area contributed by atoms with Gasteiger partial charge < -0.3 is 14.7 Å². The van der Waals surface area contributed by atoms with Crippen molar-refractivity contribution in [3.05, 3.63) is 30.4 Å². The summed E-state index contributed by atoms with van der Waals surface area (Å²) in [6, 6.07) is 4.02. The van der Waals surface area contributed by atoms with Crippen molar-refractivity contribution in [1.29, 1.82) is 0 Å².